The van der Waals surface area contributed by atoms with Crippen molar-refractivity contribution in [1.29, 1.82) is 0 Å². The molecular formula is C10H10N2O6. The largest absolute Gasteiger partial charge is 0.481 e. The quantitative estimate of drug-likeness (QED) is 0.608. The van der Waals surface area contributed by atoms with Crippen LogP contribution >= 0.6 is 0 Å². The summed E-state index contributed by atoms with van der Waals surface area (Å²) in [4.78, 5) is 31.1. The molecule has 96 valence electrons. The van der Waals surface area contributed by atoms with E-state index in [1.807, 2.05) is 0 Å². The Morgan fingerprint density at radius 1 is 1.33 bits per heavy atom. The van der Waals surface area contributed by atoms with Crippen LogP contribution in [-0.4, -0.2) is 28.7 Å². The number of carboxylic acids is 1. The van der Waals surface area contributed by atoms with Gasteiger partial charge in [0.15, 0.2) is 0 Å². The van der Waals surface area contributed by atoms with Gasteiger partial charge >= 0.3 is 12.1 Å². The molecule has 0 heterocycles. The van der Waals surface area contributed by atoms with Crippen LogP contribution in [0.25, 0.3) is 0 Å². The molecule has 8 heteroatoms. The van der Waals surface area contributed by atoms with Gasteiger partial charge in [-0.25, -0.2) is 4.79 Å². The predicted molar refractivity (Wildman–Crippen MR) is 60.3 cm³/mol. The number of rotatable bonds is 5. The van der Waals surface area contributed by atoms with E-state index in [0.29, 0.717) is 5.69 Å². The number of nitro groups is 1. The number of nitro benzene ring substituents is 1. The van der Waals surface area contributed by atoms with Gasteiger partial charge in [-0.15, -0.1) is 0 Å². The van der Waals surface area contributed by atoms with Gasteiger partial charge in [0.2, 0.25) is 0 Å². The predicted octanol–water partition coefficient (Wildman–Crippen LogP) is 1.62. The van der Waals surface area contributed by atoms with Gasteiger partial charge in [-0.2, -0.15) is 0 Å². The molecule has 8 nitrogen and oxygen atoms in total. The number of nitrogens with one attached hydrogen (secondary N) is 1. The van der Waals surface area contributed by atoms with Crippen molar-refractivity contribution in [1.82, 2.24) is 0 Å². The van der Waals surface area contributed by atoms with E-state index < -0.39 is 17.0 Å². The fraction of sp³-hybridized carbons (Fsp3) is 0.200. The smallest absolute Gasteiger partial charge is 0.411 e. The highest BCUT2D eigenvalue weighted by molar-refractivity contribution is 5.84. The van der Waals surface area contributed by atoms with E-state index in [-0.39, 0.29) is 18.7 Å². The second-order valence-corrected chi connectivity index (χ2v) is 3.21. The molecule has 2 N–H and O–H groups in total. The summed E-state index contributed by atoms with van der Waals surface area (Å²) in [6.45, 7) is -0.242. The number of carbonyl (C=O) groups is 2. The zero-order valence-corrected chi connectivity index (χ0v) is 9.16. The average molecular weight is 254 g/mol. The van der Waals surface area contributed by atoms with Crippen LogP contribution in [0, 0.1) is 10.1 Å². The summed E-state index contributed by atoms with van der Waals surface area (Å²) in [7, 11) is 0. The van der Waals surface area contributed by atoms with Crippen LogP contribution < -0.4 is 5.32 Å². The van der Waals surface area contributed by atoms with E-state index in [4.69, 9.17) is 5.11 Å². The number of aliphatic carboxylic acids is 1. The van der Waals surface area contributed by atoms with Crippen molar-refractivity contribution in [3.8, 4) is 0 Å². The minimum absolute atomic E-state index is 0.0974. The normalized spacial score (nSPS) is 9.56. The van der Waals surface area contributed by atoms with E-state index in [1.54, 1.807) is 0 Å². The van der Waals surface area contributed by atoms with Crippen LogP contribution in [0.4, 0.5) is 16.2 Å². The van der Waals surface area contributed by atoms with Crippen LogP contribution in [0.2, 0.25) is 0 Å². The summed E-state index contributed by atoms with van der Waals surface area (Å²) >= 11 is 0. The minimum atomic E-state index is -1.07. The molecule has 1 rings (SSSR count). The fourth-order valence-corrected chi connectivity index (χ4v) is 1.05. The molecule has 1 aromatic carbocycles. The van der Waals surface area contributed by atoms with Crippen LogP contribution in [0.3, 0.4) is 0 Å². The van der Waals surface area contributed by atoms with Gasteiger partial charge in [0.25, 0.3) is 5.69 Å². The standard InChI is InChI=1S/C10H10N2O6/c13-9(14)5-6-18-10(15)11-7-1-3-8(4-2-7)12(16)17/h1-4H,5-6H2,(H,11,15)(H,13,14). The van der Waals surface area contributed by atoms with Crippen LogP contribution in [0.15, 0.2) is 24.3 Å². The molecule has 0 aliphatic heterocycles. The summed E-state index contributed by atoms with van der Waals surface area (Å²) in [5.41, 5.74) is 0.223. The van der Waals surface area contributed by atoms with Crippen molar-refractivity contribution in [2.45, 2.75) is 6.42 Å². The van der Waals surface area contributed by atoms with Gasteiger partial charge in [-0.3, -0.25) is 20.2 Å². The Bertz CT molecular complexity index is 456. The maximum absolute atomic E-state index is 11.2. The van der Waals surface area contributed by atoms with E-state index in [9.17, 15) is 19.7 Å². The third kappa shape index (κ3) is 4.47. The fourth-order valence-electron chi connectivity index (χ4n) is 1.05. The molecule has 0 saturated heterocycles. The Labute approximate surface area is 101 Å². The summed E-state index contributed by atoms with van der Waals surface area (Å²) in [5, 5.41) is 21.0. The summed E-state index contributed by atoms with van der Waals surface area (Å²) < 4.78 is 4.57. The van der Waals surface area contributed by atoms with Crippen molar-refractivity contribution in [3.63, 3.8) is 0 Å². The molecule has 0 fully saturated rings. The first-order valence-corrected chi connectivity index (χ1v) is 4.89. The Hall–Kier alpha value is -2.64. The molecule has 0 spiro atoms. The van der Waals surface area contributed by atoms with E-state index in [2.05, 4.69) is 10.1 Å². The van der Waals surface area contributed by atoms with Gasteiger partial charge in [0.1, 0.15) is 6.61 Å². The molecule has 1 amide bonds. The Morgan fingerprint density at radius 3 is 2.44 bits per heavy atom. The maximum atomic E-state index is 11.2. The van der Waals surface area contributed by atoms with Gasteiger partial charge in [-0.05, 0) is 12.1 Å². The second kappa shape index (κ2) is 6.18. The highest BCUT2D eigenvalue weighted by Gasteiger charge is 2.07. The molecule has 0 unspecified atom stereocenters. The molecule has 0 aliphatic rings. The van der Waals surface area contributed by atoms with Gasteiger partial charge in [0.05, 0.1) is 11.3 Å². The lowest BCUT2D eigenvalue weighted by molar-refractivity contribution is -0.384. The maximum Gasteiger partial charge on any atom is 0.411 e. The lowest BCUT2D eigenvalue weighted by Gasteiger charge is -2.05. The number of amides is 1. The highest BCUT2D eigenvalue weighted by Crippen LogP contribution is 2.15. The number of hydrogen-bond donors (Lipinski definition) is 2. The van der Waals surface area contributed by atoms with Crippen LogP contribution in [0.5, 0.6) is 0 Å². The van der Waals surface area contributed by atoms with Crippen LogP contribution in [0.1, 0.15) is 6.42 Å². The monoisotopic (exact) mass is 254 g/mol. The number of carbonyl (C=O) groups excluding carboxylic acids is 1. The third-order valence-electron chi connectivity index (χ3n) is 1.87. The number of benzene rings is 1. The highest BCUT2D eigenvalue weighted by atomic mass is 16.6. The number of ether oxygens (including phenoxy) is 1. The number of non-ortho nitro benzene ring substituents is 1. The number of nitrogens with zero attached hydrogens (tertiary/aromatic N) is 1. The van der Waals surface area contributed by atoms with Crippen molar-refractivity contribution >= 4 is 23.4 Å². The first kappa shape index (κ1) is 13.4. The van der Waals surface area contributed by atoms with E-state index >= 15 is 0 Å². The van der Waals surface area contributed by atoms with Gasteiger partial charge < -0.3 is 9.84 Å². The Balaban J connectivity index is 2.44. The Morgan fingerprint density at radius 2 is 1.94 bits per heavy atom. The zero-order chi connectivity index (χ0) is 13.5. The second-order valence-electron chi connectivity index (χ2n) is 3.21. The van der Waals surface area contributed by atoms with Crippen molar-refractivity contribution in [2.24, 2.45) is 0 Å². The first-order chi connectivity index (χ1) is 8.49. The minimum Gasteiger partial charge on any atom is -0.481 e. The number of hydrogen-bond acceptors (Lipinski definition) is 5. The van der Waals surface area contributed by atoms with Gasteiger partial charge in [0, 0.05) is 17.8 Å². The van der Waals surface area contributed by atoms with Gasteiger partial charge in [-0.1, -0.05) is 0 Å². The first-order valence-electron chi connectivity index (χ1n) is 4.89. The molecule has 0 aromatic heterocycles. The van der Waals surface area contributed by atoms with E-state index in [0.717, 1.165) is 0 Å². The lowest BCUT2D eigenvalue weighted by Crippen LogP contribution is -2.15. The number of carboxylic acid groups (broad SMARTS) is 1. The molecule has 0 saturated carbocycles. The molecule has 0 atom stereocenters. The topological polar surface area (TPSA) is 119 Å². The molecule has 0 aliphatic carbocycles. The van der Waals surface area contributed by atoms with Crippen molar-refractivity contribution in [2.75, 3.05) is 11.9 Å². The number of anilines is 1. The zero-order valence-electron chi connectivity index (χ0n) is 9.16. The summed E-state index contributed by atoms with van der Waals surface area (Å²) in [6, 6.07) is 5.15. The molecule has 0 radical (unpaired) electrons. The SMILES string of the molecule is O=C(O)CCOC(=O)Nc1ccc([N+](=O)[O-])cc1. The van der Waals surface area contributed by atoms with Crippen LogP contribution in [-0.2, 0) is 9.53 Å². The third-order valence-corrected chi connectivity index (χ3v) is 1.87. The lowest BCUT2D eigenvalue weighted by atomic mass is 10.3. The van der Waals surface area contributed by atoms with Crippen molar-refractivity contribution < 1.29 is 24.4 Å². The molecular weight excluding hydrogens is 244 g/mol. The summed E-state index contributed by atoms with van der Waals surface area (Å²) in [5.74, 6) is -1.07. The molecule has 0 bridgehead atoms. The van der Waals surface area contributed by atoms with Crippen molar-refractivity contribution in [3.05, 3.63) is 34.4 Å². The average Bonchev–Trinajstić information content (AvgIpc) is 2.29. The Kier molecular flexibility index (Phi) is 4.61. The molecule has 1 aromatic rings. The summed E-state index contributed by atoms with van der Waals surface area (Å²) in [6.07, 6.45) is -1.10. The van der Waals surface area contributed by atoms with E-state index in [1.165, 1.54) is 24.3 Å². The molecule has 18 heavy (non-hydrogen) atoms.